The van der Waals surface area contributed by atoms with E-state index < -0.39 is 23.7 Å². The number of hydrogen-bond donors (Lipinski definition) is 1. The van der Waals surface area contributed by atoms with Crippen LogP contribution in [0, 0.1) is 4.91 Å². The van der Waals surface area contributed by atoms with E-state index in [1.54, 1.807) is 0 Å². The molecule has 5 heteroatoms. The molecule has 0 aromatic heterocycles. The number of carbonyl (C=O) groups is 1. The number of rotatable bonds is 1. The van der Waals surface area contributed by atoms with Gasteiger partial charge in [0, 0.05) is 11.1 Å². The van der Waals surface area contributed by atoms with Crippen LogP contribution in [0.4, 0.5) is 4.79 Å². The third kappa shape index (κ3) is 1.69. The van der Waals surface area contributed by atoms with Gasteiger partial charge in [-0.3, -0.25) is 0 Å². The zero-order valence-electron chi connectivity index (χ0n) is 8.16. The average molecular weight is 108 g/mol. The van der Waals surface area contributed by atoms with Gasteiger partial charge in [-0.05, 0) is 0 Å². The van der Waals surface area contributed by atoms with Gasteiger partial charge in [-0.2, -0.15) is 5.01 Å². The van der Waals surface area contributed by atoms with Crippen LogP contribution in [-0.4, -0.2) is 18.0 Å². The predicted octanol–water partition coefficient (Wildman–Crippen LogP) is -0.322. The first kappa shape index (κ1) is 1.43. The molecule has 0 atom stereocenters. The maximum Gasteiger partial charge on any atom is 0.337 e. The maximum absolute atomic E-state index is 10.5. The summed E-state index contributed by atoms with van der Waals surface area (Å²) in [5.41, 5.74) is -0.548. The molecule has 0 aliphatic carbocycles. The van der Waals surface area contributed by atoms with Gasteiger partial charge in [-0.25, -0.2) is 4.79 Å². The lowest BCUT2D eigenvalue weighted by molar-refractivity contribution is 0.220. The lowest BCUT2D eigenvalue weighted by atomic mass is 11.0. The molecule has 0 aromatic carbocycles. The van der Waals surface area contributed by atoms with E-state index in [1.807, 2.05) is 5.29 Å². The Morgan fingerprint density at radius 3 is 3.14 bits per heavy atom. The number of carbonyl (C=O) groups excluding carboxylic acids is 1. The predicted molar refractivity (Wildman–Crippen MR) is 23.1 cm³/mol. The first-order chi connectivity index (χ1) is 5.30. The second-order valence-electron chi connectivity index (χ2n) is 0.676. The second-order valence-corrected chi connectivity index (χ2v) is 0.676. The highest BCUT2D eigenvalue weighted by molar-refractivity contribution is 5.70. The van der Waals surface area contributed by atoms with Crippen molar-refractivity contribution in [3.05, 3.63) is 4.91 Å². The molecule has 0 aliphatic rings. The quantitative estimate of drug-likeness (QED) is 0.369. The summed E-state index contributed by atoms with van der Waals surface area (Å²) in [6, 6.07) is -1.63. The highest BCUT2D eigenvalue weighted by atomic mass is 16.3. The minimum absolute atomic E-state index is 0.465. The molecule has 2 N–H and O–H groups in total. The standard InChI is InChI=1S/C2H5N3O2/c1-5(4-7)2(3)6/h1H3,(H2,3,6)/i1D3/hD2. The van der Waals surface area contributed by atoms with Gasteiger partial charge in [0.25, 0.3) is 0 Å². The monoisotopic (exact) mass is 108 g/mol. The molecule has 0 saturated carbocycles. The lowest BCUT2D eigenvalue weighted by Crippen LogP contribution is -2.26. The van der Waals surface area contributed by atoms with Crippen molar-refractivity contribution in [1.29, 1.82) is 0 Å². The highest BCUT2D eigenvalue weighted by Crippen LogP contribution is 1.76. The smallest absolute Gasteiger partial charge is 0.337 e. The van der Waals surface area contributed by atoms with Crippen LogP contribution in [0.15, 0.2) is 5.29 Å². The first-order valence-electron chi connectivity index (χ1n) is 3.65. The fourth-order valence-electron chi connectivity index (χ4n) is 0.0349. The van der Waals surface area contributed by atoms with Crippen molar-refractivity contribution in [2.24, 2.45) is 11.0 Å². The van der Waals surface area contributed by atoms with E-state index in [0.29, 0.717) is 0 Å². The summed E-state index contributed by atoms with van der Waals surface area (Å²) in [6.45, 7) is -3.06. The number of primary amides is 1. The van der Waals surface area contributed by atoms with E-state index in [4.69, 9.17) is 6.94 Å². The van der Waals surface area contributed by atoms with Crippen LogP contribution in [0.5, 0.6) is 0 Å². The fourth-order valence-corrected chi connectivity index (χ4v) is 0.0349. The minimum atomic E-state index is -3.06. The molecule has 40 valence electrons. The molecular weight excluding hydrogens is 98.0 g/mol. The van der Waals surface area contributed by atoms with Gasteiger partial charge in [0.2, 0.25) is 0 Å². The number of amides is 2. The van der Waals surface area contributed by atoms with Crippen LogP contribution in [-0.2, 0) is 0 Å². The summed E-state index contributed by atoms with van der Waals surface area (Å²) in [4.78, 5) is 20.3. The first-order valence-corrected chi connectivity index (χ1v) is 1.26. The summed E-state index contributed by atoms with van der Waals surface area (Å²) in [5.74, 6) is 0. The normalized spacial score (nSPS) is 19.1. The summed E-state index contributed by atoms with van der Waals surface area (Å²) in [5, 5.41) is 1.40. The molecule has 0 saturated heterocycles. The Hall–Kier alpha value is -1.13. The van der Waals surface area contributed by atoms with Crippen LogP contribution in [0.3, 0.4) is 0 Å². The van der Waals surface area contributed by atoms with Crippen LogP contribution >= 0.6 is 0 Å². The van der Waals surface area contributed by atoms with Gasteiger partial charge in [0.05, 0.1) is 5.29 Å². The van der Waals surface area contributed by atoms with Gasteiger partial charge in [-0.15, -0.1) is 4.91 Å². The van der Waals surface area contributed by atoms with E-state index in [9.17, 15) is 9.70 Å². The third-order valence-corrected chi connectivity index (χ3v) is 0.263. The molecule has 0 aliphatic heterocycles. The zero-order valence-corrected chi connectivity index (χ0v) is 3.16. The van der Waals surface area contributed by atoms with Crippen molar-refractivity contribution >= 4 is 6.03 Å². The molecule has 0 radical (unpaired) electrons. The molecule has 5 nitrogen and oxygen atoms in total. The molecule has 0 spiro atoms. The summed E-state index contributed by atoms with van der Waals surface area (Å²) < 4.78 is 32.4. The molecule has 2 amide bonds. The largest absolute Gasteiger partial charge is 0.350 e. The van der Waals surface area contributed by atoms with E-state index in [2.05, 4.69) is 0 Å². The Bertz CT molecular complexity index is 190. The molecule has 0 rings (SSSR count). The van der Waals surface area contributed by atoms with E-state index >= 15 is 0 Å². The van der Waals surface area contributed by atoms with Crippen molar-refractivity contribution in [3.63, 3.8) is 0 Å². The molecule has 0 fully saturated rings. The second kappa shape index (κ2) is 2.12. The zero-order chi connectivity index (χ0) is 9.94. The molecule has 0 heterocycles. The molecule has 0 unspecified atom stereocenters. The fraction of sp³-hybridized carbons (Fsp3) is 0.500. The topological polar surface area (TPSA) is 75.8 Å². The number of nitroso groups, excluding NO2 is 1. The van der Waals surface area contributed by atoms with Gasteiger partial charge < -0.3 is 5.72 Å². The van der Waals surface area contributed by atoms with E-state index in [-0.39, 0.29) is 0 Å². The number of nitrogens with two attached hydrogens (primary N) is 1. The van der Waals surface area contributed by atoms with E-state index in [0.717, 1.165) is 0 Å². The Kier molecular flexibility index (Phi) is 0.432. The molecule has 0 aromatic rings. The van der Waals surface area contributed by atoms with Crippen molar-refractivity contribution in [1.82, 2.24) is 5.01 Å². The summed E-state index contributed by atoms with van der Waals surface area (Å²) in [6.07, 6.45) is 0. The Morgan fingerprint density at radius 2 is 3.00 bits per heavy atom. The number of nitrogens with zero attached hydrogens (tertiary/aromatic N) is 2. The lowest BCUT2D eigenvalue weighted by Gasteiger charge is -1.97. The SMILES string of the molecule is [2H]N([2H])C(=O)N(N=O)C([2H])([2H])[2H]. The van der Waals surface area contributed by atoms with Crippen molar-refractivity contribution in [3.8, 4) is 0 Å². The van der Waals surface area contributed by atoms with E-state index in [1.165, 1.54) is 0 Å². The highest BCUT2D eigenvalue weighted by Gasteiger charge is 1.97. The molecule has 7 heavy (non-hydrogen) atoms. The van der Waals surface area contributed by atoms with Gasteiger partial charge >= 0.3 is 6.03 Å². The Balaban J connectivity index is 4.58. The van der Waals surface area contributed by atoms with Crippen molar-refractivity contribution < 1.29 is 11.7 Å². The van der Waals surface area contributed by atoms with Gasteiger partial charge in [0.1, 0.15) is 0 Å². The molecule has 0 bridgehead atoms. The van der Waals surface area contributed by atoms with Gasteiger partial charge in [-0.1, -0.05) is 0 Å². The number of hydrogen-bond acceptors (Lipinski definition) is 3. The third-order valence-electron chi connectivity index (χ3n) is 0.263. The van der Waals surface area contributed by atoms with Gasteiger partial charge in [0.15, 0.2) is 2.82 Å². The Morgan fingerprint density at radius 1 is 2.29 bits per heavy atom. The van der Waals surface area contributed by atoms with Crippen LogP contribution in [0.1, 0.15) is 4.11 Å². The Labute approximate surface area is 47.2 Å². The molecular formula is C2H5N3O2. The van der Waals surface area contributed by atoms with Crippen LogP contribution in [0.25, 0.3) is 0 Å². The average Bonchev–Trinajstić information content (AvgIpc) is 1.85. The minimum Gasteiger partial charge on any atom is -0.350 e. The number of urea groups is 1. The summed E-state index contributed by atoms with van der Waals surface area (Å²) >= 11 is 0. The van der Waals surface area contributed by atoms with Crippen LogP contribution in [0.2, 0.25) is 2.82 Å². The van der Waals surface area contributed by atoms with Crippen molar-refractivity contribution in [2.75, 3.05) is 6.98 Å². The van der Waals surface area contributed by atoms with Crippen LogP contribution < -0.4 is 5.72 Å². The van der Waals surface area contributed by atoms with Crippen molar-refractivity contribution in [2.45, 2.75) is 0 Å². The summed E-state index contributed by atoms with van der Waals surface area (Å²) in [7, 11) is 0. The maximum atomic E-state index is 10.5.